The molecule has 0 aliphatic heterocycles. The van der Waals surface area contributed by atoms with Crippen LogP contribution in [0.15, 0.2) is 10.6 Å². The zero-order chi connectivity index (χ0) is 10.8. The van der Waals surface area contributed by atoms with Gasteiger partial charge in [-0.2, -0.15) is 0 Å². The normalized spacial score (nSPS) is 12.5. The molecule has 0 aliphatic rings. The molecule has 3 nitrogen and oxygen atoms in total. The second kappa shape index (κ2) is 9.74. The number of likely N-dealkylation sites (N-methyl/N-ethyl adjacent to an activating group) is 1. The van der Waals surface area contributed by atoms with Crippen molar-refractivity contribution >= 4 is 23.2 Å². The maximum Gasteiger partial charge on any atom is 0.0593 e. The molecule has 84 valence electrons. The Hall–Kier alpha value is 0.200. The van der Waals surface area contributed by atoms with Gasteiger partial charge in [0.2, 0.25) is 0 Å². The average molecular weight is 241 g/mol. The minimum absolute atomic E-state index is 0.599. The monoisotopic (exact) mass is 240 g/mol. The molecule has 0 aromatic carbocycles. The number of nitrogens with one attached hydrogen (secondary N) is 1. The summed E-state index contributed by atoms with van der Waals surface area (Å²) in [5.41, 5.74) is 1.36. The van der Waals surface area contributed by atoms with E-state index in [2.05, 4.69) is 10.2 Å². The molecule has 0 aromatic heterocycles. The number of nitrogens with zero attached hydrogens (tertiary/aromatic N) is 1. The fourth-order valence-electron chi connectivity index (χ4n) is 0.740. The number of hydrogen-bond donors (Lipinski definition) is 1. The Kier molecular flexibility index (Phi) is 9.88. The molecular weight excluding hydrogens is 223 g/mol. The predicted molar refractivity (Wildman–Crippen MR) is 62.0 cm³/mol. The Balaban J connectivity index is 3.07. The molecule has 0 bridgehead atoms. The van der Waals surface area contributed by atoms with Crippen LogP contribution in [0.3, 0.4) is 0 Å². The van der Waals surface area contributed by atoms with Crippen molar-refractivity contribution in [3.63, 3.8) is 0 Å². The van der Waals surface area contributed by atoms with Crippen LogP contribution in [-0.2, 0) is 4.74 Å². The summed E-state index contributed by atoms with van der Waals surface area (Å²) in [4.78, 5) is 2.08. The van der Waals surface area contributed by atoms with E-state index in [1.54, 1.807) is 0 Å². The smallest absolute Gasteiger partial charge is 0.0593 e. The molecule has 1 N–H and O–H groups in total. The highest BCUT2D eigenvalue weighted by Gasteiger charge is 1.92. The number of hydrogen-bond acceptors (Lipinski definition) is 3. The molecule has 0 rings (SSSR count). The van der Waals surface area contributed by atoms with Crippen molar-refractivity contribution in [1.82, 2.24) is 10.2 Å². The number of ether oxygens (including phenoxy) is 1. The van der Waals surface area contributed by atoms with Crippen LogP contribution in [0.2, 0.25) is 0 Å². The third-order valence-corrected chi connectivity index (χ3v) is 2.14. The van der Waals surface area contributed by atoms with Gasteiger partial charge in [0.1, 0.15) is 0 Å². The standard InChI is InChI=1S/C9H18Cl2N2O/c1-13(2)4-6-14-5-3-12-8-9(11)7-10/h7,12H,3-6,8H2,1-2H3. The molecular formula is C9H18Cl2N2O. The summed E-state index contributed by atoms with van der Waals surface area (Å²) in [7, 11) is 4.04. The molecule has 0 atom stereocenters. The third kappa shape index (κ3) is 10.3. The molecule has 0 unspecified atom stereocenters. The van der Waals surface area contributed by atoms with Crippen LogP contribution < -0.4 is 5.32 Å². The van der Waals surface area contributed by atoms with E-state index in [-0.39, 0.29) is 0 Å². The highest BCUT2D eigenvalue weighted by atomic mass is 35.5. The lowest BCUT2D eigenvalue weighted by Gasteiger charge is -2.09. The summed E-state index contributed by atoms with van der Waals surface area (Å²) in [5, 5.41) is 3.71. The first-order valence-electron chi connectivity index (χ1n) is 4.54. The van der Waals surface area contributed by atoms with Crippen LogP contribution in [0.5, 0.6) is 0 Å². The van der Waals surface area contributed by atoms with Gasteiger partial charge in [-0.15, -0.1) is 0 Å². The summed E-state index contributed by atoms with van der Waals surface area (Å²) < 4.78 is 5.36. The molecule has 5 heteroatoms. The molecule has 0 aromatic rings. The van der Waals surface area contributed by atoms with Gasteiger partial charge < -0.3 is 15.0 Å². The van der Waals surface area contributed by atoms with E-state index in [0.717, 1.165) is 19.7 Å². The minimum Gasteiger partial charge on any atom is -0.379 e. The summed E-state index contributed by atoms with van der Waals surface area (Å²) in [6.07, 6.45) is 0. The summed E-state index contributed by atoms with van der Waals surface area (Å²) in [5.74, 6) is 0. The fraction of sp³-hybridized carbons (Fsp3) is 0.778. The lowest BCUT2D eigenvalue weighted by atomic mass is 10.5. The fourth-order valence-corrected chi connectivity index (χ4v) is 0.912. The highest BCUT2D eigenvalue weighted by molar-refractivity contribution is 6.36. The Morgan fingerprint density at radius 1 is 1.43 bits per heavy atom. The van der Waals surface area contributed by atoms with Crippen LogP contribution in [0.1, 0.15) is 0 Å². The Morgan fingerprint density at radius 3 is 2.71 bits per heavy atom. The van der Waals surface area contributed by atoms with Gasteiger partial charge in [0.25, 0.3) is 0 Å². The van der Waals surface area contributed by atoms with Crippen molar-refractivity contribution in [3.05, 3.63) is 10.6 Å². The van der Waals surface area contributed by atoms with E-state index >= 15 is 0 Å². The first kappa shape index (κ1) is 14.2. The molecule has 0 aliphatic carbocycles. The van der Waals surface area contributed by atoms with Crippen LogP contribution in [0, 0.1) is 0 Å². The molecule has 0 amide bonds. The van der Waals surface area contributed by atoms with E-state index in [4.69, 9.17) is 27.9 Å². The van der Waals surface area contributed by atoms with Crippen LogP contribution >= 0.6 is 23.2 Å². The quantitative estimate of drug-likeness (QED) is 0.651. The summed E-state index contributed by atoms with van der Waals surface area (Å²) in [6.45, 7) is 3.78. The van der Waals surface area contributed by atoms with Crippen LogP contribution in [0.25, 0.3) is 0 Å². The second-order valence-electron chi connectivity index (χ2n) is 3.15. The predicted octanol–water partition coefficient (Wildman–Crippen LogP) is 1.47. The Bertz CT molecular complexity index is 163. The zero-order valence-corrected chi connectivity index (χ0v) is 10.2. The lowest BCUT2D eigenvalue weighted by Crippen LogP contribution is -2.23. The van der Waals surface area contributed by atoms with Gasteiger partial charge in [-0.3, -0.25) is 0 Å². The molecule has 0 fully saturated rings. The minimum atomic E-state index is 0.599. The second-order valence-corrected chi connectivity index (χ2v) is 3.85. The average Bonchev–Trinajstić information content (AvgIpc) is 2.15. The van der Waals surface area contributed by atoms with Gasteiger partial charge in [-0.1, -0.05) is 23.2 Å². The van der Waals surface area contributed by atoms with Crippen molar-refractivity contribution in [2.75, 3.05) is 46.9 Å². The van der Waals surface area contributed by atoms with Gasteiger partial charge in [0.05, 0.1) is 13.2 Å². The SMILES string of the molecule is CN(C)CCOCCNCC(Cl)=CCl. The van der Waals surface area contributed by atoms with E-state index in [0.29, 0.717) is 18.2 Å². The molecule has 0 spiro atoms. The van der Waals surface area contributed by atoms with Gasteiger partial charge in [0.15, 0.2) is 0 Å². The van der Waals surface area contributed by atoms with E-state index in [9.17, 15) is 0 Å². The van der Waals surface area contributed by atoms with Gasteiger partial charge in [0, 0.05) is 30.2 Å². The third-order valence-electron chi connectivity index (χ3n) is 1.52. The largest absolute Gasteiger partial charge is 0.379 e. The first-order chi connectivity index (χ1) is 6.66. The van der Waals surface area contributed by atoms with Crippen molar-refractivity contribution in [3.8, 4) is 0 Å². The van der Waals surface area contributed by atoms with Gasteiger partial charge in [-0.05, 0) is 14.1 Å². The molecule has 14 heavy (non-hydrogen) atoms. The van der Waals surface area contributed by atoms with Gasteiger partial charge >= 0.3 is 0 Å². The zero-order valence-electron chi connectivity index (χ0n) is 8.72. The molecule has 0 radical (unpaired) electrons. The van der Waals surface area contributed by atoms with Gasteiger partial charge in [-0.25, -0.2) is 0 Å². The van der Waals surface area contributed by atoms with E-state index in [1.807, 2.05) is 14.1 Å². The molecule has 0 saturated heterocycles. The van der Waals surface area contributed by atoms with Crippen molar-refractivity contribution in [1.29, 1.82) is 0 Å². The van der Waals surface area contributed by atoms with E-state index < -0.39 is 0 Å². The lowest BCUT2D eigenvalue weighted by molar-refractivity contribution is 0.120. The van der Waals surface area contributed by atoms with E-state index in [1.165, 1.54) is 5.54 Å². The number of halogens is 2. The first-order valence-corrected chi connectivity index (χ1v) is 5.36. The Labute approximate surface area is 96.0 Å². The molecule has 0 heterocycles. The molecule has 0 saturated carbocycles. The van der Waals surface area contributed by atoms with Crippen LogP contribution in [0.4, 0.5) is 0 Å². The highest BCUT2D eigenvalue weighted by Crippen LogP contribution is 1.99. The van der Waals surface area contributed by atoms with Crippen molar-refractivity contribution in [2.24, 2.45) is 0 Å². The number of rotatable bonds is 8. The Morgan fingerprint density at radius 2 is 2.14 bits per heavy atom. The maximum atomic E-state index is 5.67. The summed E-state index contributed by atoms with van der Waals surface area (Å²) >= 11 is 11.0. The maximum absolute atomic E-state index is 5.67. The van der Waals surface area contributed by atoms with Crippen LogP contribution in [-0.4, -0.2) is 51.8 Å². The van der Waals surface area contributed by atoms with Crippen molar-refractivity contribution < 1.29 is 4.74 Å². The summed E-state index contributed by atoms with van der Waals surface area (Å²) in [6, 6.07) is 0. The van der Waals surface area contributed by atoms with Crippen molar-refractivity contribution in [2.45, 2.75) is 0 Å². The topological polar surface area (TPSA) is 24.5 Å².